The number of aliphatic imine (C=N–C) groups is 1. The van der Waals surface area contributed by atoms with E-state index in [9.17, 15) is 13.2 Å². The zero-order chi connectivity index (χ0) is 16.3. The first-order chi connectivity index (χ1) is 10.3. The molecule has 7 heteroatoms. The highest BCUT2D eigenvalue weighted by Gasteiger charge is 2.13. The van der Waals surface area contributed by atoms with Gasteiger partial charge in [-0.3, -0.25) is 4.79 Å². The second kappa shape index (κ2) is 6.37. The minimum atomic E-state index is -3.84. The average Bonchev–Trinajstić information content (AvgIpc) is 2.42. The minimum absolute atomic E-state index is 0.0399. The smallest absolute Gasteiger partial charge is 0.283 e. The van der Waals surface area contributed by atoms with Crippen LogP contribution in [0.25, 0.3) is 0 Å². The zero-order valence-electron chi connectivity index (χ0n) is 11.9. The van der Waals surface area contributed by atoms with Gasteiger partial charge in [0.15, 0.2) is 5.78 Å². The number of halogens is 1. The van der Waals surface area contributed by atoms with Crippen LogP contribution in [0.15, 0.2) is 62.4 Å². The number of ketones is 1. The number of rotatable bonds is 2. The molecule has 1 aromatic carbocycles. The van der Waals surface area contributed by atoms with Crippen molar-refractivity contribution in [1.82, 2.24) is 0 Å². The van der Waals surface area contributed by atoms with Crippen LogP contribution in [-0.4, -0.2) is 25.7 Å². The Morgan fingerprint density at radius 1 is 1.14 bits per heavy atom. The molecule has 0 atom stereocenters. The largest absolute Gasteiger partial charge is 0.290 e. The van der Waals surface area contributed by atoms with E-state index in [0.29, 0.717) is 16.3 Å². The first-order valence-corrected chi connectivity index (χ1v) is 8.16. The lowest BCUT2D eigenvalue weighted by Gasteiger charge is -2.05. The van der Waals surface area contributed by atoms with E-state index in [1.54, 1.807) is 6.92 Å². The fourth-order valence-corrected chi connectivity index (χ4v) is 2.88. The molecule has 0 aromatic heterocycles. The maximum Gasteiger partial charge on any atom is 0.283 e. The molecule has 2 rings (SSSR count). The molecule has 0 saturated carbocycles. The summed E-state index contributed by atoms with van der Waals surface area (Å²) in [5.41, 5.74) is 1.16. The molecule has 0 aliphatic heterocycles. The summed E-state index contributed by atoms with van der Waals surface area (Å²) in [6.45, 7) is 3.21. The van der Waals surface area contributed by atoms with Crippen molar-refractivity contribution in [2.75, 3.05) is 0 Å². The highest BCUT2D eigenvalue weighted by molar-refractivity contribution is 7.90. The zero-order valence-corrected chi connectivity index (χ0v) is 13.5. The summed E-state index contributed by atoms with van der Waals surface area (Å²) in [4.78, 5) is 15.4. The van der Waals surface area contributed by atoms with Gasteiger partial charge < -0.3 is 0 Å². The van der Waals surface area contributed by atoms with E-state index in [1.807, 2.05) is 0 Å². The van der Waals surface area contributed by atoms with E-state index in [0.717, 1.165) is 0 Å². The third kappa shape index (κ3) is 3.99. The Hall–Kier alpha value is -2.05. The third-order valence-corrected chi connectivity index (χ3v) is 4.44. The van der Waals surface area contributed by atoms with Gasteiger partial charge in [-0.25, -0.2) is 4.99 Å². The fourth-order valence-electron chi connectivity index (χ4n) is 1.78. The van der Waals surface area contributed by atoms with E-state index < -0.39 is 10.0 Å². The van der Waals surface area contributed by atoms with Crippen LogP contribution in [0, 0.1) is 0 Å². The second-order valence-corrected chi connectivity index (χ2v) is 6.67. The Balaban J connectivity index is 2.32. The van der Waals surface area contributed by atoms with Gasteiger partial charge in [-0.1, -0.05) is 11.6 Å². The van der Waals surface area contributed by atoms with Gasteiger partial charge in [-0.15, -0.1) is 4.40 Å². The molecule has 5 nitrogen and oxygen atoms in total. The summed E-state index contributed by atoms with van der Waals surface area (Å²) in [5, 5.41) is 0.442. The number of hydrogen-bond acceptors (Lipinski definition) is 3. The molecule has 22 heavy (non-hydrogen) atoms. The van der Waals surface area contributed by atoms with E-state index in [2.05, 4.69) is 9.39 Å². The molecule has 1 aliphatic rings. The van der Waals surface area contributed by atoms with Crippen LogP contribution in [0.4, 0.5) is 0 Å². The quantitative estimate of drug-likeness (QED) is 0.473. The van der Waals surface area contributed by atoms with Crippen molar-refractivity contribution in [3.63, 3.8) is 0 Å². The lowest BCUT2D eigenvalue weighted by atomic mass is 10.0. The Labute approximate surface area is 133 Å². The van der Waals surface area contributed by atoms with Gasteiger partial charge in [0.1, 0.15) is 5.84 Å². The number of hydrogen-bond donors (Lipinski definition) is 0. The molecule has 0 spiro atoms. The highest BCUT2D eigenvalue weighted by atomic mass is 35.5. The van der Waals surface area contributed by atoms with Crippen LogP contribution in [0.5, 0.6) is 0 Å². The SMILES string of the molecule is CC1=CC(=O)C=CC1=NC(C)=NS(=O)(=O)c1ccc(Cl)cc1. The van der Waals surface area contributed by atoms with Gasteiger partial charge in [-0.2, -0.15) is 8.42 Å². The predicted molar refractivity (Wildman–Crippen MR) is 87.1 cm³/mol. The lowest BCUT2D eigenvalue weighted by Crippen LogP contribution is -2.08. The van der Waals surface area contributed by atoms with Crippen molar-refractivity contribution < 1.29 is 13.2 Å². The van der Waals surface area contributed by atoms with Crippen molar-refractivity contribution >= 4 is 39.0 Å². The molecule has 0 fully saturated rings. The molecule has 0 N–H and O–H groups in total. The molecular formula is C15H13ClN2O3S. The Morgan fingerprint density at radius 2 is 1.77 bits per heavy atom. The van der Waals surface area contributed by atoms with Crippen molar-refractivity contribution in [2.45, 2.75) is 18.7 Å². The van der Waals surface area contributed by atoms with E-state index in [1.165, 1.54) is 49.4 Å². The van der Waals surface area contributed by atoms with E-state index in [4.69, 9.17) is 11.6 Å². The molecule has 0 bridgehead atoms. The van der Waals surface area contributed by atoms with Gasteiger partial charge in [0.2, 0.25) is 0 Å². The number of allylic oxidation sites excluding steroid dienone is 4. The predicted octanol–water partition coefficient (Wildman–Crippen LogP) is 2.97. The standard InChI is InChI=1S/C15H13ClN2O3S/c1-10-9-13(19)5-8-15(10)17-11(2)18-22(20,21)14-6-3-12(16)4-7-14/h3-9H,1-2H3. The summed E-state index contributed by atoms with van der Waals surface area (Å²) in [6.07, 6.45) is 4.33. The first-order valence-electron chi connectivity index (χ1n) is 6.34. The van der Waals surface area contributed by atoms with Crippen LogP contribution < -0.4 is 0 Å². The fraction of sp³-hybridized carbons (Fsp3) is 0.133. The minimum Gasteiger partial charge on any atom is -0.290 e. The monoisotopic (exact) mass is 336 g/mol. The van der Waals surface area contributed by atoms with Gasteiger partial charge >= 0.3 is 0 Å². The lowest BCUT2D eigenvalue weighted by molar-refractivity contribution is -0.110. The Kier molecular flexibility index (Phi) is 4.73. The molecule has 0 saturated heterocycles. The molecule has 1 aliphatic carbocycles. The third-order valence-electron chi connectivity index (χ3n) is 2.81. The summed E-state index contributed by atoms with van der Waals surface area (Å²) in [7, 11) is -3.84. The van der Waals surface area contributed by atoms with Gasteiger partial charge in [0.25, 0.3) is 10.0 Å². The van der Waals surface area contributed by atoms with Crippen LogP contribution in [0.2, 0.25) is 5.02 Å². The normalized spacial score (nSPS) is 17.8. The Bertz CT molecular complexity index is 832. The molecule has 0 unspecified atom stereocenters. The summed E-state index contributed by atoms with van der Waals surface area (Å²) < 4.78 is 28.0. The topological polar surface area (TPSA) is 75.9 Å². The van der Waals surface area contributed by atoms with Crippen molar-refractivity contribution in [3.8, 4) is 0 Å². The van der Waals surface area contributed by atoms with Crippen LogP contribution >= 0.6 is 11.6 Å². The Morgan fingerprint density at radius 3 is 2.36 bits per heavy atom. The van der Waals surface area contributed by atoms with Crippen LogP contribution in [0.1, 0.15) is 13.8 Å². The second-order valence-electron chi connectivity index (χ2n) is 4.63. The number of benzene rings is 1. The van der Waals surface area contributed by atoms with Crippen molar-refractivity contribution in [1.29, 1.82) is 0 Å². The molecular weight excluding hydrogens is 324 g/mol. The maximum atomic E-state index is 12.1. The van der Waals surface area contributed by atoms with Crippen molar-refractivity contribution in [3.05, 3.63) is 53.1 Å². The van der Waals surface area contributed by atoms with Crippen LogP contribution in [-0.2, 0) is 14.8 Å². The number of carbonyl (C=O) groups excluding carboxylic acids is 1. The first kappa shape index (κ1) is 16.3. The van der Waals surface area contributed by atoms with Crippen LogP contribution in [0.3, 0.4) is 0 Å². The molecule has 0 heterocycles. The number of nitrogens with zero attached hydrogens (tertiary/aromatic N) is 2. The van der Waals surface area contributed by atoms with Gasteiger partial charge in [-0.05, 0) is 61.9 Å². The van der Waals surface area contributed by atoms with Gasteiger partial charge in [0.05, 0.1) is 10.6 Å². The maximum absolute atomic E-state index is 12.1. The average molecular weight is 337 g/mol. The molecule has 0 amide bonds. The summed E-state index contributed by atoms with van der Waals surface area (Å²) in [6, 6.07) is 5.72. The number of sulfonamides is 1. The van der Waals surface area contributed by atoms with E-state index in [-0.39, 0.29) is 16.5 Å². The highest BCUT2D eigenvalue weighted by Crippen LogP contribution is 2.16. The number of amidine groups is 1. The summed E-state index contributed by atoms with van der Waals surface area (Å²) in [5.74, 6) is -0.0449. The van der Waals surface area contributed by atoms with Crippen molar-refractivity contribution in [2.24, 2.45) is 9.39 Å². The van der Waals surface area contributed by atoms with Gasteiger partial charge in [0, 0.05) is 5.02 Å². The summed E-state index contributed by atoms with van der Waals surface area (Å²) >= 11 is 5.73. The molecule has 114 valence electrons. The number of carbonyl (C=O) groups is 1. The molecule has 0 radical (unpaired) electrons. The molecule has 1 aromatic rings. The van der Waals surface area contributed by atoms with E-state index >= 15 is 0 Å².